The standard InChI is InChI=1S/C63H111N2O6P/c1-6-8-10-12-14-16-18-19-20-21-22-23-24-25-26-27-28-29-30-31-32-33-34-35-36-37-38-39-40-41-42-43-44-45-47-49-51-53-55-57-63(67)64-61(60-71-72(68,69)70-59-58-65(3,4)5)62(66)56-54-52-50-48-46-17-15-13-11-9-7-2/h8,10,14,16,19-20,22-23,25-26,28-29,31-32,34-35,54,56,61-62,66H,6-7,9,11-13,15,17-18,21,24,27,30,33,36-53,55,57-60H2,1-5H3,(H-,64,67,68,69)/p+1/b10-8-,16-14-,20-19-,23-22-,26-25-,29-28-,32-31-,35-34-,56-54+. The van der Waals surface area contributed by atoms with E-state index in [1.165, 1.54) is 122 Å². The number of phosphoric ester groups is 1. The van der Waals surface area contributed by atoms with Crippen LogP contribution >= 0.6 is 7.82 Å². The van der Waals surface area contributed by atoms with Crippen LogP contribution in [0, 0.1) is 0 Å². The van der Waals surface area contributed by atoms with Gasteiger partial charge in [-0.2, -0.15) is 0 Å². The van der Waals surface area contributed by atoms with Crippen molar-refractivity contribution < 1.29 is 32.9 Å². The lowest BCUT2D eigenvalue weighted by Crippen LogP contribution is -2.45. The van der Waals surface area contributed by atoms with Crippen LogP contribution < -0.4 is 5.32 Å². The van der Waals surface area contributed by atoms with E-state index in [0.717, 1.165) is 89.9 Å². The van der Waals surface area contributed by atoms with E-state index in [1.54, 1.807) is 6.08 Å². The molecule has 3 atom stereocenters. The number of aliphatic hydroxyl groups is 1. The maximum absolute atomic E-state index is 12.9. The van der Waals surface area contributed by atoms with Crippen LogP contribution in [0.1, 0.15) is 232 Å². The second-order valence-corrected chi connectivity index (χ2v) is 22.1. The molecule has 0 bridgehead atoms. The van der Waals surface area contributed by atoms with E-state index in [-0.39, 0.29) is 19.1 Å². The van der Waals surface area contributed by atoms with Crippen LogP contribution in [0.25, 0.3) is 0 Å². The molecule has 0 aromatic carbocycles. The van der Waals surface area contributed by atoms with E-state index in [9.17, 15) is 19.4 Å². The molecule has 1 amide bonds. The number of allylic oxidation sites excluding steroid dienone is 17. The first-order valence-corrected chi connectivity index (χ1v) is 30.8. The van der Waals surface area contributed by atoms with Gasteiger partial charge in [-0.05, 0) is 83.5 Å². The van der Waals surface area contributed by atoms with Gasteiger partial charge in [-0.3, -0.25) is 13.8 Å². The highest BCUT2D eigenvalue weighted by molar-refractivity contribution is 7.47. The molecule has 9 heteroatoms. The lowest BCUT2D eigenvalue weighted by atomic mass is 10.0. The summed E-state index contributed by atoms with van der Waals surface area (Å²) in [7, 11) is 1.56. The molecule has 0 rings (SSSR count). The molecule has 0 fully saturated rings. The van der Waals surface area contributed by atoms with Crippen molar-refractivity contribution >= 4 is 13.7 Å². The van der Waals surface area contributed by atoms with Crippen LogP contribution in [-0.4, -0.2) is 73.4 Å². The van der Waals surface area contributed by atoms with E-state index in [1.807, 2.05) is 27.2 Å². The quantitative estimate of drug-likeness (QED) is 0.0243. The summed E-state index contributed by atoms with van der Waals surface area (Å²) in [6.07, 6.45) is 77.7. The molecular formula is C63H112N2O6P+. The largest absolute Gasteiger partial charge is 0.472 e. The molecule has 0 aromatic rings. The minimum Gasteiger partial charge on any atom is -0.387 e. The molecule has 0 spiro atoms. The Bertz CT molecular complexity index is 1540. The minimum atomic E-state index is -4.34. The molecule has 3 unspecified atom stereocenters. The Morgan fingerprint density at radius 3 is 1.22 bits per heavy atom. The van der Waals surface area contributed by atoms with Crippen molar-refractivity contribution in [1.29, 1.82) is 0 Å². The van der Waals surface area contributed by atoms with Crippen molar-refractivity contribution in [3.8, 4) is 0 Å². The molecule has 72 heavy (non-hydrogen) atoms. The van der Waals surface area contributed by atoms with Crippen molar-refractivity contribution in [1.82, 2.24) is 5.32 Å². The van der Waals surface area contributed by atoms with Gasteiger partial charge in [-0.25, -0.2) is 4.57 Å². The molecule has 0 radical (unpaired) electrons. The normalized spacial score (nSPS) is 14.7. The van der Waals surface area contributed by atoms with Gasteiger partial charge in [-0.15, -0.1) is 0 Å². The fraction of sp³-hybridized carbons (Fsp3) is 0.698. The van der Waals surface area contributed by atoms with E-state index < -0.39 is 20.0 Å². The molecule has 0 saturated heterocycles. The number of nitrogens with zero attached hydrogens (tertiary/aromatic N) is 1. The summed E-state index contributed by atoms with van der Waals surface area (Å²) in [5, 5.41) is 13.9. The Labute approximate surface area is 444 Å². The highest BCUT2D eigenvalue weighted by Gasteiger charge is 2.27. The lowest BCUT2D eigenvalue weighted by molar-refractivity contribution is -0.870. The zero-order chi connectivity index (χ0) is 52.7. The van der Waals surface area contributed by atoms with Gasteiger partial charge in [0.05, 0.1) is 39.9 Å². The number of aliphatic hydroxyl groups excluding tert-OH is 1. The highest BCUT2D eigenvalue weighted by Crippen LogP contribution is 2.43. The third-order valence-electron chi connectivity index (χ3n) is 12.5. The first-order chi connectivity index (χ1) is 35.0. The highest BCUT2D eigenvalue weighted by atomic mass is 31.2. The van der Waals surface area contributed by atoms with Crippen LogP contribution in [0.2, 0.25) is 0 Å². The smallest absolute Gasteiger partial charge is 0.387 e. The van der Waals surface area contributed by atoms with E-state index in [2.05, 4.69) is 116 Å². The molecule has 414 valence electrons. The number of likely N-dealkylation sites (N-methyl/N-ethyl adjacent to an activating group) is 1. The molecule has 3 N–H and O–H groups in total. The molecule has 0 aliphatic heterocycles. The zero-order valence-corrected chi connectivity index (χ0v) is 48.0. The van der Waals surface area contributed by atoms with Gasteiger partial charge >= 0.3 is 7.82 Å². The van der Waals surface area contributed by atoms with Crippen molar-refractivity contribution in [2.45, 2.75) is 244 Å². The molecule has 0 saturated carbocycles. The summed E-state index contributed by atoms with van der Waals surface area (Å²) in [4.78, 5) is 23.2. The van der Waals surface area contributed by atoms with Gasteiger partial charge < -0.3 is 19.8 Å². The SMILES string of the molecule is CC/C=C\C/C=C\C/C=C\C/C=C\C/C=C\C/C=C\C/C=C\C/C=C\CCCCCCCCCCCCCCCCC(=O)NC(COP(=O)(O)OCC[N+](C)(C)C)C(O)/C=C/CCCCCCCCCCC. The van der Waals surface area contributed by atoms with Gasteiger partial charge in [-0.1, -0.05) is 252 Å². The number of unbranched alkanes of at least 4 members (excludes halogenated alkanes) is 23. The fourth-order valence-corrected chi connectivity index (χ4v) is 8.68. The summed E-state index contributed by atoms with van der Waals surface area (Å²) >= 11 is 0. The molecule has 0 aliphatic rings. The number of quaternary nitrogens is 1. The number of carbonyl (C=O) groups is 1. The van der Waals surface area contributed by atoms with Gasteiger partial charge in [0, 0.05) is 6.42 Å². The Morgan fingerprint density at radius 2 is 0.833 bits per heavy atom. The number of hydrogen-bond acceptors (Lipinski definition) is 5. The van der Waals surface area contributed by atoms with E-state index in [0.29, 0.717) is 17.4 Å². The van der Waals surface area contributed by atoms with Crippen LogP contribution in [0.3, 0.4) is 0 Å². The molecule has 8 nitrogen and oxygen atoms in total. The first-order valence-electron chi connectivity index (χ1n) is 29.3. The maximum Gasteiger partial charge on any atom is 0.472 e. The average Bonchev–Trinajstić information content (AvgIpc) is 3.34. The second kappa shape index (κ2) is 53.0. The summed E-state index contributed by atoms with van der Waals surface area (Å²) < 4.78 is 23.6. The predicted octanol–water partition coefficient (Wildman–Crippen LogP) is 18.0. The fourth-order valence-electron chi connectivity index (χ4n) is 7.94. The Balaban J connectivity index is 4.00. The van der Waals surface area contributed by atoms with Crippen LogP contribution in [0.15, 0.2) is 109 Å². The second-order valence-electron chi connectivity index (χ2n) is 20.6. The number of amides is 1. The predicted molar refractivity (Wildman–Crippen MR) is 313 cm³/mol. The van der Waals surface area contributed by atoms with Crippen molar-refractivity contribution in [2.24, 2.45) is 0 Å². The molecule has 0 aromatic heterocycles. The number of rotatable bonds is 52. The minimum absolute atomic E-state index is 0.0578. The Hall–Kier alpha value is -2.84. The van der Waals surface area contributed by atoms with E-state index in [4.69, 9.17) is 9.05 Å². The van der Waals surface area contributed by atoms with Gasteiger partial charge in [0.1, 0.15) is 13.2 Å². The van der Waals surface area contributed by atoms with Crippen LogP contribution in [-0.2, 0) is 18.4 Å². The van der Waals surface area contributed by atoms with Crippen molar-refractivity contribution in [2.75, 3.05) is 40.9 Å². The van der Waals surface area contributed by atoms with Crippen molar-refractivity contribution in [3.05, 3.63) is 109 Å². The van der Waals surface area contributed by atoms with E-state index >= 15 is 0 Å². The third-order valence-corrected chi connectivity index (χ3v) is 13.5. The summed E-state index contributed by atoms with van der Waals surface area (Å²) in [6, 6.07) is -0.850. The molecular weight excluding hydrogens is 912 g/mol. The first kappa shape index (κ1) is 69.2. The zero-order valence-electron chi connectivity index (χ0n) is 47.1. The topological polar surface area (TPSA) is 105 Å². The van der Waals surface area contributed by atoms with Crippen LogP contribution in [0.4, 0.5) is 0 Å². The van der Waals surface area contributed by atoms with Gasteiger partial charge in [0.25, 0.3) is 0 Å². The molecule has 0 aliphatic carbocycles. The van der Waals surface area contributed by atoms with Gasteiger partial charge in [0.2, 0.25) is 5.91 Å². The molecule has 0 heterocycles. The average molecular weight is 1020 g/mol. The summed E-state index contributed by atoms with van der Waals surface area (Å²) in [6.45, 7) is 4.68. The maximum atomic E-state index is 12.9. The van der Waals surface area contributed by atoms with Gasteiger partial charge in [0.15, 0.2) is 0 Å². The summed E-state index contributed by atoms with van der Waals surface area (Å²) in [5.41, 5.74) is 0. The Kier molecular flexibility index (Phi) is 50.9. The Morgan fingerprint density at radius 1 is 0.486 bits per heavy atom. The van der Waals surface area contributed by atoms with Crippen LogP contribution in [0.5, 0.6) is 0 Å². The lowest BCUT2D eigenvalue weighted by Gasteiger charge is -2.25. The number of phosphoric acid groups is 1. The summed E-state index contributed by atoms with van der Waals surface area (Å²) in [5.74, 6) is -0.183. The number of nitrogens with one attached hydrogen (secondary N) is 1. The monoisotopic (exact) mass is 1020 g/mol. The third kappa shape index (κ3) is 54.9. The number of hydrogen-bond donors (Lipinski definition) is 3. The number of carbonyl (C=O) groups excluding carboxylic acids is 1. The van der Waals surface area contributed by atoms with Crippen molar-refractivity contribution in [3.63, 3.8) is 0 Å².